The van der Waals surface area contributed by atoms with Crippen molar-refractivity contribution < 1.29 is 4.79 Å². The molecule has 14 heavy (non-hydrogen) atoms. The molecule has 1 aromatic rings. The van der Waals surface area contributed by atoms with E-state index in [1.54, 1.807) is 0 Å². The summed E-state index contributed by atoms with van der Waals surface area (Å²) in [5.41, 5.74) is -0.0289. The Labute approximate surface area is 79.1 Å². The number of aromatic nitrogens is 3. The second-order valence-electron chi connectivity index (χ2n) is 4.12. The van der Waals surface area contributed by atoms with E-state index in [2.05, 4.69) is 20.5 Å². The highest BCUT2D eigenvalue weighted by Crippen LogP contribution is 2.65. The van der Waals surface area contributed by atoms with E-state index >= 15 is 0 Å². The first kappa shape index (κ1) is 7.78. The lowest BCUT2D eigenvalue weighted by Crippen LogP contribution is -2.28. The predicted molar refractivity (Wildman–Crippen MR) is 46.7 cm³/mol. The van der Waals surface area contributed by atoms with Gasteiger partial charge in [-0.25, -0.2) is 9.89 Å². The maximum absolute atomic E-state index is 11.5. The fourth-order valence-electron chi connectivity index (χ4n) is 1.87. The van der Waals surface area contributed by atoms with Gasteiger partial charge in [-0.3, -0.25) is 9.78 Å². The third kappa shape index (κ3) is 1.07. The Morgan fingerprint density at radius 1 is 1.57 bits per heavy atom. The SMILES string of the molecule is O=C(NC1CC12CC2)c1n[nH]c(=O)[nH]1. The van der Waals surface area contributed by atoms with Gasteiger partial charge in [0.2, 0.25) is 5.82 Å². The minimum atomic E-state index is -0.452. The lowest BCUT2D eigenvalue weighted by Gasteiger charge is -1.99. The van der Waals surface area contributed by atoms with Crippen LogP contribution in [0.2, 0.25) is 0 Å². The molecule has 6 nitrogen and oxygen atoms in total. The molecule has 74 valence electrons. The van der Waals surface area contributed by atoms with Crippen molar-refractivity contribution >= 4 is 5.91 Å². The fourth-order valence-corrected chi connectivity index (χ4v) is 1.87. The van der Waals surface area contributed by atoms with Crippen molar-refractivity contribution in [2.24, 2.45) is 5.41 Å². The van der Waals surface area contributed by atoms with E-state index in [0.29, 0.717) is 11.5 Å². The Hall–Kier alpha value is -1.59. The lowest BCUT2D eigenvalue weighted by atomic mass is 10.4. The molecule has 2 aliphatic rings. The van der Waals surface area contributed by atoms with Crippen LogP contribution in [0.25, 0.3) is 0 Å². The molecule has 1 atom stereocenters. The average Bonchev–Trinajstić information content (AvgIpc) is 3.01. The highest BCUT2D eigenvalue weighted by Gasteiger charge is 2.63. The molecule has 1 unspecified atom stereocenters. The molecule has 1 heterocycles. The second kappa shape index (κ2) is 2.26. The van der Waals surface area contributed by atoms with E-state index in [9.17, 15) is 9.59 Å². The molecule has 0 radical (unpaired) electrons. The van der Waals surface area contributed by atoms with Gasteiger partial charge in [0.15, 0.2) is 0 Å². The molecule has 0 bridgehead atoms. The van der Waals surface area contributed by atoms with Gasteiger partial charge in [-0.1, -0.05) is 0 Å². The van der Waals surface area contributed by atoms with Gasteiger partial charge in [-0.2, -0.15) is 0 Å². The fraction of sp³-hybridized carbons (Fsp3) is 0.625. The molecular formula is C8H10N4O2. The Morgan fingerprint density at radius 2 is 2.36 bits per heavy atom. The van der Waals surface area contributed by atoms with Crippen molar-refractivity contribution in [2.75, 3.05) is 0 Å². The number of hydrogen-bond donors (Lipinski definition) is 3. The summed E-state index contributed by atoms with van der Waals surface area (Å²) in [6, 6.07) is 0.301. The first-order valence-electron chi connectivity index (χ1n) is 4.65. The number of carbonyl (C=O) groups excluding carboxylic acids is 1. The third-order valence-corrected chi connectivity index (χ3v) is 3.10. The normalized spacial score (nSPS) is 26.1. The Kier molecular flexibility index (Phi) is 1.25. The zero-order valence-electron chi connectivity index (χ0n) is 7.46. The summed E-state index contributed by atoms with van der Waals surface area (Å²) in [4.78, 5) is 24.5. The summed E-state index contributed by atoms with van der Waals surface area (Å²) < 4.78 is 0. The van der Waals surface area contributed by atoms with Gasteiger partial charge in [-0.05, 0) is 24.7 Å². The van der Waals surface area contributed by atoms with Crippen LogP contribution in [0.4, 0.5) is 0 Å². The summed E-state index contributed by atoms with van der Waals surface area (Å²) in [6.07, 6.45) is 3.51. The maximum Gasteiger partial charge on any atom is 0.341 e. The minimum absolute atomic E-state index is 0.0673. The maximum atomic E-state index is 11.5. The monoisotopic (exact) mass is 194 g/mol. The first-order valence-corrected chi connectivity index (χ1v) is 4.65. The van der Waals surface area contributed by atoms with E-state index in [1.807, 2.05) is 0 Å². The van der Waals surface area contributed by atoms with Crippen molar-refractivity contribution in [3.8, 4) is 0 Å². The van der Waals surface area contributed by atoms with Crippen LogP contribution in [0.5, 0.6) is 0 Å². The molecule has 1 amide bonds. The topological polar surface area (TPSA) is 90.6 Å². The Balaban J connectivity index is 1.68. The number of nitrogens with zero attached hydrogens (tertiary/aromatic N) is 1. The summed E-state index contributed by atoms with van der Waals surface area (Å²) in [6.45, 7) is 0. The summed E-state index contributed by atoms with van der Waals surface area (Å²) in [5, 5.41) is 8.56. The molecule has 2 saturated carbocycles. The molecule has 1 spiro atoms. The number of amides is 1. The van der Waals surface area contributed by atoms with Crippen LogP contribution in [0, 0.1) is 5.41 Å². The van der Waals surface area contributed by atoms with Gasteiger partial charge in [-0.15, -0.1) is 5.10 Å². The molecule has 6 heteroatoms. The first-order chi connectivity index (χ1) is 6.70. The van der Waals surface area contributed by atoms with E-state index in [4.69, 9.17) is 0 Å². The zero-order chi connectivity index (χ0) is 9.76. The number of hydrogen-bond acceptors (Lipinski definition) is 3. The van der Waals surface area contributed by atoms with Gasteiger partial charge in [0, 0.05) is 6.04 Å². The Bertz CT molecular complexity index is 442. The van der Waals surface area contributed by atoms with Crippen LogP contribution in [-0.4, -0.2) is 27.1 Å². The van der Waals surface area contributed by atoms with E-state index in [0.717, 1.165) is 6.42 Å². The van der Waals surface area contributed by atoms with Crippen molar-refractivity contribution in [1.29, 1.82) is 0 Å². The van der Waals surface area contributed by atoms with Gasteiger partial charge in [0.25, 0.3) is 5.91 Å². The molecule has 0 aromatic carbocycles. The lowest BCUT2D eigenvalue weighted by molar-refractivity contribution is 0.0938. The highest BCUT2D eigenvalue weighted by molar-refractivity contribution is 5.90. The van der Waals surface area contributed by atoms with Gasteiger partial charge >= 0.3 is 5.69 Å². The van der Waals surface area contributed by atoms with Gasteiger partial charge in [0.1, 0.15) is 0 Å². The minimum Gasteiger partial charge on any atom is -0.346 e. The summed E-state index contributed by atoms with van der Waals surface area (Å²) in [5.74, 6) is -0.227. The van der Waals surface area contributed by atoms with E-state index in [-0.39, 0.29) is 11.7 Å². The number of carbonyl (C=O) groups is 1. The molecular weight excluding hydrogens is 184 g/mol. The van der Waals surface area contributed by atoms with Crippen molar-refractivity contribution in [3.63, 3.8) is 0 Å². The molecule has 3 rings (SSSR count). The standard InChI is InChI=1S/C8H10N4O2/c13-6(5-10-7(14)12-11-5)9-4-3-8(4)1-2-8/h4H,1-3H2,(H,9,13)(H2,10,11,12,14). The smallest absolute Gasteiger partial charge is 0.341 e. The van der Waals surface area contributed by atoms with Crippen LogP contribution in [0.15, 0.2) is 4.79 Å². The molecule has 3 N–H and O–H groups in total. The number of H-pyrrole nitrogens is 2. The summed E-state index contributed by atoms with van der Waals surface area (Å²) >= 11 is 0. The molecule has 0 saturated heterocycles. The van der Waals surface area contributed by atoms with Gasteiger partial charge in [0.05, 0.1) is 0 Å². The Morgan fingerprint density at radius 3 is 2.86 bits per heavy atom. The molecule has 0 aliphatic heterocycles. The van der Waals surface area contributed by atoms with Crippen LogP contribution in [0.1, 0.15) is 29.9 Å². The van der Waals surface area contributed by atoms with Crippen molar-refractivity contribution in [2.45, 2.75) is 25.3 Å². The number of rotatable bonds is 2. The van der Waals surface area contributed by atoms with E-state index < -0.39 is 5.69 Å². The van der Waals surface area contributed by atoms with Crippen LogP contribution in [0.3, 0.4) is 0 Å². The summed E-state index contributed by atoms with van der Waals surface area (Å²) in [7, 11) is 0. The van der Waals surface area contributed by atoms with Gasteiger partial charge < -0.3 is 5.32 Å². The quantitative estimate of drug-likeness (QED) is 0.586. The number of nitrogens with one attached hydrogen (secondary N) is 3. The molecule has 1 aromatic heterocycles. The van der Waals surface area contributed by atoms with Crippen LogP contribution in [-0.2, 0) is 0 Å². The van der Waals surface area contributed by atoms with Crippen LogP contribution >= 0.6 is 0 Å². The van der Waals surface area contributed by atoms with Crippen LogP contribution < -0.4 is 11.0 Å². The average molecular weight is 194 g/mol. The van der Waals surface area contributed by atoms with E-state index in [1.165, 1.54) is 12.8 Å². The largest absolute Gasteiger partial charge is 0.346 e. The second-order valence-corrected chi connectivity index (χ2v) is 4.12. The molecule has 2 fully saturated rings. The highest BCUT2D eigenvalue weighted by atomic mass is 16.2. The third-order valence-electron chi connectivity index (χ3n) is 3.10. The zero-order valence-corrected chi connectivity index (χ0v) is 7.46. The van der Waals surface area contributed by atoms with Crippen molar-refractivity contribution in [3.05, 3.63) is 16.3 Å². The number of aromatic amines is 2. The molecule has 2 aliphatic carbocycles. The van der Waals surface area contributed by atoms with Crippen molar-refractivity contribution in [1.82, 2.24) is 20.5 Å². The predicted octanol–water partition coefficient (Wildman–Crippen LogP) is -0.620.